The Hall–Kier alpha value is -2.04. The zero-order chi connectivity index (χ0) is 13.8. The van der Waals surface area contributed by atoms with Gasteiger partial charge in [-0.1, -0.05) is 38.1 Å². The second-order valence-electron chi connectivity index (χ2n) is 4.79. The summed E-state index contributed by atoms with van der Waals surface area (Å²) in [4.78, 5) is 15.4. The number of benzene rings is 1. The van der Waals surface area contributed by atoms with E-state index in [0.717, 1.165) is 0 Å². The quantitative estimate of drug-likeness (QED) is 0.857. The second-order valence-corrected chi connectivity index (χ2v) is 4.79. The maximum absolute atomic E-state index is 11.1. The van der Waals surface area contributed by atoms with Crippen LogP contribution in [0.1, 0.15) is 36.9 Å². The normalized spacial score (nSPS) is 17.9. The van der Waals surface area contributed by atoms with Gasteiger partial charge in [0.2, 0.25) is 5.96 Å². The Kier molecular flexibility index (Phi) is 4.04. The number of aliphatic imine (C=N–C) groups is 1. The van der Waals surface area contributed by atoms with Crippen LogP contribution in [0.2, 0.25) is 0 Å². The van der Waals surface area contributed by atoms with Gasteiger partial charge < -0.3 is 10.1 Å². The molecule has 0 bridgehead atoms. The minimum Gasteiger partial charge on any atom is -0.453 e. The van der Waals surface area contributed by atoms with E-state index in [1.807, 2.05) is 12.1 Å². The lowest BCUT2D eigenvalue weighted by molar-refractivity contribution is 0.176. The molecule has 2 N–H and O–H groups in total. The molecule has 5 nitrogen and oxygen atoms in total. The molecule has 0 saturated carbocycles. The van der Waals surface area contributed by atoms with E-state index < -0.39 is 6.09 Å². The molecule has 0 radical (unpaired) electrons. The van der Waals surface area contributed by atoms with E-state index in [4.69, 9.17) is 0 Å². The SMILES string of the molecule is COC(=O)NC1=NCC(c2ccccc2C(C)C)N1. The Labute approximate surface area is 113 Å². The summed E-state index contributed by atoms with van der Waals surface area (Å²) in [5.74, 6) is 0.922. The van der Waals surface area contributed by atoms with Crippen molar-refractivity contribution in [3.63, 3.8) is 0 Å². The van der Waals surface area contributed by atoms with Crippen LogP contribution in [0.25, 0.3) is 0 Å². The van der Waals surface area contributed by atoms with Gasteiger partial charge in [-0.3, -0.25) is 10.3 Å². The van der Waals surface area contributed by atoms with Gasteiger partial charge in [0.1, 0.15) is 0 Å². The highest BCUT2D eigenvalue weighted by Gasteiger charge is 2.23. The Bertz CT molecular complexity index is 497. The molecule has 1 unspecified atom stereocenters. The zero-order valence-electron chi connectivity index (χ0n) is 11.4. The average molecular weight is 261 g/mol. The molecule has 2 rings (SSSR count). The van der Waals surface area contributed by atoms with Gasteiger partial charge in [-0.25, -0.2) is 4.79 Å². The Balaban J connectivity index is 2.09. The standard InChI is InChI=1S/C14H19N3O2/c1-9(2)10-6-4-5-7-11(10)12-8-15-13(16-12)17-14(18)19-3/h4-7,9,12H,8H2,1-3H3,(H2,15,16,17,18). The molecule has 102 valence electrons. The molecule has 1 atom stereocenters. The third-order valence-electron chi connectivity index (χ3n) is 3.14. The van der Waals surface area contributed by atoms with E-state index in [0.29, 0.717) is 18.4 Å². The molecular weight excluding hydrogens is 242 g/mol. The number of nitrogens with one attached hydrogen (secondary N) is 2. The highest BCUT2D eigenvalue weighted by atomic mass is 16.5. The highest BCUT2D eigenvalue weighted by Crippen LogP contribution is 2.26. The maximum Gasteiger partial charge on any atom is 0.413 e. The Morgan fingerprint density at radius 3 is 2.89 bits per heavy atom. The number of amides is 1. The third kappa shape index (κ3) is 3.05. The van der Waals surface area contributed by atoms with Gasteiger partial charge in [0, 0.05) is 0 Å². The number of ether oxygens (including phenoxy) is 1. The van der Waals surface area contributed by atoms with Gasteiger partial charge in [0.05, 0.1) is 19.7 Å². The van der Waals surface area contributed by atoms with Crippen molar-refractivity contribution in [3.8, 4) is 0 Å². The number of methoxy groups -OCH3 is 1. The van der Waals surface area contributed by atoms with Crippen molar-refractivity contribution in [3.05, 3.63) is 35.4 Å². The minimum absolute atomic E-state index is 0.103. The minimum atomic E-state index is -0.510. The highest BCUT2D eigenvalue weighted by molar-refractivity contribution is 5.95. The largest absolute Gasteiger partial charge is 0.453 e. The predicted molar refractivity (Wildman–Crippen MR) is 74.3 cm³/mol. The van der Waals surface area contributed by atoms with E-state index in [2.05, 4.69) is 46.3 Å². The molecule has 0 aliphatic carbocycles. The summed E-state index contributed by atoms with van der Waals surface area (Å²) < 4.78 is 4.54. The lowest BCUT2D eigenvalue weighted by atomic mass is 9.93. The summed E-state index contributed by atoms with van der Waals surface area (Å²) in [7, 11) is 1.33. The first-order chi connectivity index (χ1) is 9.11. The first kappa shape index (κ1) is 13.4. The number of guanidine groups is 1. The molecule has 0 aromatic heterocycles. The van der Waals surface area contributed by atoms with Crippen LogP contribution in [0, 0.1) is 0 Å². The predicted octanol–water partition coefficient (Wildman–Crippen LogP) is 2.17. The van der Waals surface area contributed by atoms with Crippen LogP contribution < -0.4 is 10.6 Å². The van der Waals surface area contributed by atoms with Crippen LogP contribution in [0.3, 0.4) is 0 Å². The van der Waals surface area contributed by atoms with E-state index in [1.165, 1.54) is 18.2 Å². The number of carbonyl (C=O) groups is 1. The van der Waals surface area contributed by atoms with Crippen molar-refractivity contribution in [2.75, 3.05) is 13.7 Å². The van der Waals surface area contributed by atoms with E-state index in [9.17, 15) is 4.79 Å². The number of rotatable bonds is 2. The van der Waals surface area contributed by atoms with Crippen molar-refractivity contribution in [1.82, 2.24) is 10.6 Å². The fraction of sp³-hybridized carbons (Fsp3) is 0.429. The molecule has 1 aromatic rings. The molecule has 1 aliphatic heterocycles. The monoisotopic (exact) mass is 261 g/mol. The average Bonchev–Trinajstić information content (AvgIpc) is 2.86. The fourth-order valence-electron chi connectivity index (χ4n) is 2.19. The van der Waals surface area contributed by atoms with Gasteiger partial charge in [-0.2, -0.15) is 0 Å². The van der Waals surface area contributed by atoms with Crippen LogP contribution in [0.5, 0.6) is 0 Å². The zero-order valence-corrected chi connectivity index (χ0v) is 11.4. The second kappa shape index (κ2) is 5.73. The molecule has 1 aromatic carbocycles. The van der Waals surface area contributed by atoms with E-state index in [1.54, 1.807) is 0 Å². The number of nitrogens with zero attached hydrogens (tertiary/aromatic N) is 1. The van der Waals surface area contributed by atoms with Crippen molar-refractivity contribution < 1.29 is 9.53 Å². The summed E-state index contributed by atoms with van der Waals surface area (Å²) in [5.41, 5.74) is 2.53. The first-order valence-electron chi connectivity index (χ1n) is 6.36. The fourth-order valence-corrected chi connectivity index (χ4v) is 2.19. The molecule has 0 spiro atoms. The molecule has 0 saturated heterocycles. The third-order valence-corrected chi connectivity index (χ3v) is 3.14. The number of hydrogen-bond donors (Lipinski definition) is 2. The van der Waals surface area contributed by atoms with Crippen molar-refractivity contribution in [2.45, 2.75) is 25.8 Å². The molecule has 5 heteroatoms. The van der Waals surface area contributed by atoms with Gasteiger partial charge >= 0.3 is 6.09 Å². The molecule has 1 amide bonds. The van der Waals surface area contributed by atoms with Crippen LogP contribution >= 0.6 is 0 Å². The van der Waals surface area contributed by atoms with E-state index >= 15 is 0 Å². The molecule has 1 aliphatic rings. The van der Waals surface area contributed by atoms with Crippen molar-refractivity contribution in [2.24, 2.45) is 4.99 Å². The van der Waals surface area contributed by atoms with Crippen LogP contribution in [0.15, 0.2) is 29.3 Å². The Morgan fingerprint density at radius 2 is 2.21 bits per heavy atom. The maximum atomic E-state index is 11.1. The van der Waals surface area contributed by atoms with Gasteiger partial charge in [-0.05, 0) is 17.0 Å². The lowest BCUT2D eigenvalue weighted by Gasteiger charge is -2.18. The van der Waals surface area contributed by atoms with Crippen LogP contribution in [-0.4, -0.2) is 25.7 Å². The van der Waals surface area contributed by atoms with Crippen molar-refractivity contribution >= 4 is 12.1 Å². The summed E-state index contributed by atoms with van der Waals surface area (Å²) >= 11 is 0. The summed E-state index contributed by atoms with van der Waals surface area (Å²) in [6.07, 6.45) is -0.510. The summed E-state index contributed by atoms with van der Waals surface area (Å²) in [6, 6.07) is 8.40. The number of carbonyl (C=O) groups excluding carboxylic acids is 1. The summed E-state index contributed by atoms with van der Waals surface area (Å²) in [5, 5.41) is 5.76. The van der Waals surface area contributed by atoms with Crippen molar-refractivity contribution in [1.29, 1.82) is 0 Å². The van der Waals surface area contributed by atoms with Crippen LogP contribution in [-0.2, 0) is 4.74 Å². The summed E-state index contributed by atoms with van der Waals surface area (Å²) in [6.45, 7) is 4.95. The number of hydrogen-bond acceptors (Lipinski definition) is 4. The first-order valence-corrected chi connectivity index (χ1v) is 6.36. The topological polar surface area (TPSA) is 62.7 Å². The molecular formula is C14H19N3O2. The van der Waals surface area contributed by atoms with E-state index in [-0.39, 0.29) is 6.04 Å². The molecule has 0 fully saturated rings. The Morgan fingerprint density at radius 1 is 1.47 bits per heavy atom. The molecule has 19 heavy (non-hydrogen) atoms. The van der Waals surface area contributed by atoms with Crippen LogP contribution in [0.4, 0.5) is 4.79 Å². The van der Waals surface area contributed by atoms with Gasteiger partial charge in [0.15, 0.2) is 0 Å². The number of alkyl carbamates (subject to hydrolysis) is 1. The van der Waals surface area contributed by atoms with Gasteiger partial charge in [-0.15, -0.1) is 0 Å². The van der Waals surface area contributed by atoms with Gasteiger partial charge in [0.25, 0.3) is 0 Å². The molecule has 1 heterocycles. The lowest BCUT2D eigenvalue weighted by Crippen LogP contribution is -2.39. The smallest absolute Gasteiger partial charge is 0.413 e.